The Kier molecular flexibility index (Phi) is 5.37. The average Bonchev–Trinajstić information content (AvgIpc) is 2.65. The minimum Gasteiger partial charge on any atom is -0.369 e. The third-order valence-corrected chi connectivity index (χ3v) is 4.10. The first-order valence-corrected chi connectivity index (χ1v) is 7.45. The fraction of sp³-hybridized carbons (Fsp3) is 0.467. The Hall–Kier alpha value is -1.66. The highest BCUT2D eigenvalue weighted by Crippen LogP contribution is 2.18. The first-order valence-electron chi connectivity index (χ1n) is 7.08. The zero-order valence-corrected chi connectivity index (χ0v) is 13.1. The molecule has 1 aromatic carbocycles. The minimum absolute atomic E-state index is 0.0919. The highest BCUT2D eigenvalue weighted by Gasteiger charge is 2.27. The van der Waals surface area contributed by atoms with Gasteiger partial charge in [-0.3, -0.25) is 14.5 Å². The number of hydrogen-bond acceptors (Lipinski definition) is 3. The maximum Gasteiger partial charge on any atom is 0.223 e. The molecule has 2 N–H and O–H groups in total. The van der Waals surface area contributed by atoms with Gasteiger partial charge in [0.25, 0.3) is 0 Å². The molecule has 120 valence electrons. The molecule has 1 heterocycles. The lowest BCUT2D eigenvalue weighted by Gasteiger charge is -2.22. The zero-order chi connectivity index (χ0) is 16.3. The SMILES string of the molecule is CC(=O)N1CCN(Cc2ccc(Cl)cc2F)CC(C(N)=O)C1. The van der Waals surface area contributed by atoms with Gasteiger partial charge >= 0.3 is 0 Å². The highest BCUT2D eigenvalue weighted by molar-refractivity contribution is 6.30. The Bertz CT molecular complexity index is 582. The highest BCUT2D eigenvalue weighted by atomic mass is 35.5. The van der Waals surface area contributed by atoms with Crippen LogP contribution < -0.4 is 5.73 Å². The second-order valence-electron chi connectivity index (χ2n) is 5.54. The second-order valence-corrected chi connectivity index (χ2v) is 5.97. The van der Waals surface area contributed by atoms with Gasteiger partial charge in [0.2, 0.25) is 11.8 Å². The van der Waals surface area contributed by atoms with Crippen LogP contribution in [-0.4, -0.2) is 47.8 Å². The molecule has 0 aliphatic carbocycles. The maximum atomic E-state index is 13.9. The van der Waals surface area contributed by atoms with Gasteiger partial charge in [0.15, 0.2) is 0 Å². The van der Waals surface area contributed by atoms with Crippen molar-refractivity contribution in [2.45, 2.75) is 13.5 Å². The van der Waals surface area contributed by atoms with Gasteiger partial charge in [0, 0.05) is 50.2 Å². The van der Waals surface area contributed by atoms with E-state index in [2.05, 4.69) is 0 Å². The molecule has 2 amide bonds. The normalized spacial score (nSPS) is 19.8. The van der Waals surface area contributed by atoms with Crippen LogP contribution in [0.15, 0.2) is 18.2 Å². The van der Waals surface area contributed by atoms with Crippen LogP contribution in [0.1, 0.15) is 12.5 Å². The number of amides is 2. The summed E-state index contributed by atoms with van der Waals surface area (Å²) in [5.41, 5.74) is 5.91. The number of benzene rings is 1. The summed E-state index contributed by atoms with van der Waals surface area (Å²) in [6, 6.07) is 4.53. The molecule has 0 radical (unpaired) electrons. The van der Waals surface area contributed by atoms with Crippen molar-refractivity contribution < 1.29 is 14.0 Å². The van der Waals surface area contributed by atoms with Gasteiger partial charge in [0.1, 0.15) is 5.82 Å². The first kappa shape index (κ1) is 16.7. The predicted octanol–water partition coefficient (Wildman–Crippen LogP) is 1.24. The van der Waals surface area contributed by atoms with E-state index in [0.717, 1.165) is 0 Å². The van der Waals surface area contributed by atoms with Crippen molar-refractivity contribution in [1.29, 1.82) is 0 Å². The molecule has 1 fully saturated rings. The van der Waals surface area contributed by atoms with E-state index < -0.39 is 11.8 Å². The predicted molar refractivity (Wildman–Crippen MR) is 81.6 cm³/mol. The number of rotatable bonds is 3. The largest absolute Gasteiger partial charge is 0.369 e. The molecule has 1 aliphatic heterocycles. The number of carbonyl (C=O) groups is 2. The van der Waals surface area contributed by atoms with Crippen LogP contribution in [0, 0.1) is 11.7 Å². The third kappa shape index (κ3) is 4.18. The molecule has 22 heavy (non-hydrogen) atoms. The topological polar surface area (TPSA) is 66.6 Å². The van der Waals surface area contributed by atoms with Crippen molar-refractivity contribution in [2.75, 3.05) is 26.2 Å². The monoisotopic (exact) mass is 327 g/mol. The summed E-state index contributed by atoms with van der Waals surface area (Å²) in [6.45, 7) is 3.58. The lowest BCUT2D eigenvalue weighted by Crippen LogP contribution is -2.39. The van der Waals surface area contributed by atoms with Gasteiger partial charge in [-0.15, -0.1) is 0 Å². The standard InChI is InChI=1S/C15H19ClFN3O2/c1-10(21)20-5-4-19(8-12(9-20)15(18)22)7-11-2-3-13(16)6-14(11)17/h2-3,6,12H,4-5,7-9H2,1H3,(H2,18,22). The van der Waals surface area contributed by atoms with Gasteiger partial charge in [0.05, 0.1) is 5.92 Å². The molecule has 1 unspecified atom stereocenters. The minimum atomic E-state index is -0.457. The molecule has 1 atom stereocenters. The number of nitrogens with zero attached hydrogens (tertiary/aromatic N) is 2. The summed E-state index contributed by atoms with van der Waals surface area (Å²) in [5, 5.41) is 0.342. The Morgan fingerprint density at radius 3 is 2.68 bits per heavy atom. The second kappa shape index (κ2) is 7.07. The van der Waals surface area contributed by atoms with Gasteiger partial charge in [-0.1, -0.05) is 17.7 Å². The van der Waals surface area contributed by atoms with Crippen LogP contribution in [0.4, 0.5) is 4.39 Å². The fourth-order valence-corrected chi connectivity index (χ4v) is 2.74. The maximum absolute atomic E-state index is 13.9. The van der Waals surface area contributed by atoms with Gasteiger partial charge in [-0.2, -0.15) is 0 Å². The lowest BCUT2D eigenvalue weighted by molar-refractivity contribution is -0.130. The van der Waals surface area contributed by atoms with E-state index in [1.807, 2.05) is 4.90 Å². The van der Waals surface area contributed by atoms with Crippen LogP contribution >= 0.6 is 11.6 Å². The Morgan fingerprint density at radius 1 is 1.36 bits per heavy atom. The van der Waals surface area contributed by atoms with E-state index in [1.165, 1.54) is 13.0 Å². The van der Waals surface area contributed by atoms with Crippen LogP contribution in [0.5, 0.6) is 0 Å². The molecule has 0 saturated carbocycles. The van der Waals surface area contributed by atoms with E-state index >= 15 is 0 Å². The fourth-order valence-electron chi connectivity index (χ4n) is 2.58. The van der Waals surface area contributed by atoms with Gasteiger partial charge < -0.3 is 10.6 Å². The number of halogens is 2. The first-order chi connectivity index (χ1) is 10.4. The smallest absolute Gasteiger partial charge is 0.223 e. The van der Waals surface area contributed by atoms with Crippen LogP contribution in [0.25, 0.3) is 0 Å². The van der Waals surface area contributed by atoms with Crippen LogP contribution in [-0.2, 0) is 16.1 Å². The molecule has 0 bridgehead atoms. The summed E-state index contributed by atoms with van der Waals surface area (Å²) < 4.78 is 13.9. The lowest BCUT2D eigenvalue weighted by atomic mass is 10.1. The van der Waals surface area contributed by atoms with Crippen molar-refractivity contribution >= 4 is 23.4 Å². The number of carbonyl (C=O) groups excluding carboxylic acids is 2. The van der Waals surface area contributed by atoms with Crippen molar-refractivity contribution in [1.82, 2.24) is 9.80 Å². The van der Waals surface area contributed by atoms with Crippen LogP contribution in [0.2, 0.25) is 5.02 Å². The molecular formula is C15H19ClFN3O2. The van der Waals surface area contributed by atoms with Crippen molar-refractivity contribution in [3.05, 3.63) is 34.6 Å². The zero-order valence-electron chi connectivity index (χ0n) is 12.4. The van der Waals surface area contributed by atoms with Crippen molar-refractivity contribution in [2.24, 2.45) is 11.7 Å². The molecule has 1 aliphatic rings. The molecule has 2 rings (SSSR count). The van der Waals surface area contributed by atoms with Crippen molar-refractivity contribution in [3.63, 3.8) is 0 Å². The van der Waals surface area contributed by atoms with E-state index in [0.29, 0.717) is 43.3 Å². The van der Waals surface area contributed by atoms with Gasteiger partial charge in [-0.25, -0.2) is 4.39 Å². The molecule has 0 spiro atoms. The third-order valence-electron chi connectivity index (χ3n) is 3.86. The number of hydrogen-bond donors (Lipinski definition) is 1. The summed E-state index contributed by atoms with van der Waals surface area (Å²) >= 11 is 5.75. The summed E-state index contributed by atoms with van der Waals surface area (Å²) in [4.78, 5) is 26.6. The Morgan fingerprint density at radius 2 is 2.09 bits per heavy atom. The molecule has 1 aromatic rings. The van der Waals surface area contributed by atoms with E-state index in [4.69, 9.17) is 17.3 Å². The van der Waals surface area contributed by atoms with E-state index in [-0.39, 0.29) is 11.7 Å². The Labute approximate surface area is 133 Å². The summed E-state index contributed by atoms with van der Waals surface area (Å²) in [5.74, 6) is -1.38. The molecule has 7 heteroatoms. The molecule has 0 aromatic heterocycles. The summed E-state index contributed by atoms with van der Waals surface area (Å²) in [7, 11) is 0. The number of primary amides is 1. The quantitative estimate of drug-likeness (QED) is 0.908. The summed E-state index contributed by atoms with van der Waals surface area (Å²) in [6.07, 6.45) is 0. The van der Waals surface area contributed by atoms with E-state index in [9.17, 15) is 14.0 Å². The Balaban J connectivity index is 2.13. The molecular weight excluding hydrogens is 309 g/mol. The van der Waals surface area contributed by atoms with E-state index in [1.54, 1.807) is 17.0 Å². The molecule has 5 nitrogen and oxygen atoms in total. The number of nitrogens with two attached hydrogens (primary N) is 1. The van der Waals surface area contributed by atoms with Crippen LogP contribution in [0.3, 0.4) is 0 Å². The van der Waals surface area contributed by atoms with Crippen molar-refractivity contribution in [3.8, 4) is 0 Å². The molecule has 1 saturated heterocycles. The average molecular weight is 328 g/mol. The van der Waals surface area contributed by atoms with Gasteiger partial charge in [-0.05, 0) is 12.1 Å².